The molecule has 0 radical (unpaired) electrons. The molecular weight excluding hydrogens is 693 g/mol. The molecule has 0 aliphatic heterocycles. The van der Waals surface area contributed by atoms with Crippen LogP contribution in [0.1, 0.15) is 19.8 Å². The van der Waals surface area contributed by atoms with Gasteiger partial charge in [0.25, 0.3) is 0 Å². The molecule has 246 valence electrons. The van der Waals surface area contributed by atoms with Crippen LogP contribution in [0.15, 0.2) is 91.0 Å². The summed E-state index contributed by atoms with van der Waals surface area (Å²) in [7, 11) is 1.20. The summed E-state index contributed by atoms with van der Waals surface area (Å²) in [5, 5.41) is 4.17. The van der Waals surface area contributed by atoms with Gasteiger partial charge in [-0.1, -0.05) is 0 Å². The van der Waals surface area contributed by atoms with E-state index in [1.54, 1.807) is 6.92 Å². The molecule has 0 saturated heterocycles. The van der Waals surface area contributed by atoms with Crippen LogP contribution < -0.4 is 32.3 Å². The Bertz CT molecular complexity index is 1400. The third-order valence-electron chi connectivity index (χ3n) is 7.27. The second-order valence-corrected chi connectivity index (χ2v) is 20.3. The number of benzene rings is 3. The molecule has 3 rings (SSSR count). The number of rotatable bonds is 16. The molecule has 3 aromatic rings. The van der Waals surface area contributed by atoms with Gasteiger partial charge in [-0.2, -0.15) is 0 Å². The minimum Gasteiger partial charge on any atom is 0.0806 e. The summed E-state index contributed by atoms with van der Waals surface area (Å²) in [6, 6.07) is 27.3. The average molecular weight is 733 g/mol. The molecule has 2 atom stereocenters. The molecule has 10 nitrogen and oxygen atoms in total. The summed E-state index contributed by atoms with van der Waals surface area (Å²) in [6.07, 6.45) is -0.0941. The molecule has 2 amide bonds. The van der Waals surface area contributed by atoms with E-state index in [0.29, 0.717) is 0 Å². The van der Waals surface area contributed by atoms with E-state index in [-0.39, 0.29) is 36.5 Å². The van der Waals surface area contributed by atoms with E-state index in [4.69, 9.17) is 10.5 Å². The van der Waals surface area contributed by atoms with E-state index in [9.17, 15) is 24.0 Å². The van der Waals surface area contributed by atoms with E-state index in [1.165, 1.54) is 7.11 Å². The zero-order valence-electron chi connectivity index (χ0n) is 25.7. The Morgan fingerprint density at radius 3 is 1.83 bits per heavy atom. The molecule has 2 unspecified atom stereocenters. The van der Waals surface area contributed by atoms with Crippen molar-refractivity contribution < 1.29 is 33.4 Å². The topological polar surface area (TPSA) is 154 Å². The Morgan fingerprint density at radius 1 is 0.870 bits per heavy atom. The zero-order chi connectivity index (χ0) is 33.6. The molecule has 0 fully saturated rings. The first-order valence-electron chi connectivity index (χ1n) is 14.6. The number of esters is 2. The van der Waals surface area contributed by atoms with E-state index < -0.39 is 47.7 Å². The van der Waals surface area contributed by atoms with Gasteiger partial charge >= 0.3 is 275 Å². The fourth-order valence-corrected chi connectivity index (χ4v) is 14.2. The molecule has 0 aliphatic carbocycles. The van der Waals surface area contributed by atoms with Crippen molar-refractivity contribution in [2.24, 2.45) is 5.73 Å². The quantitative estimate of drug-likeness (QED) is 0.149. The predicted molar refractivity (Wildman–Crippen MR) is 187 cm³/mol. The number of carbonyl (C=O) groups excluding carboxylic acids is 5. The van der Waals surface area contributed by atoms with Crippen molar-refractivity contribution in [3.63, 3.8) is 0 Å². The van der Waals surface area contributed by atoms with Gasteiger partial charge in [-0.15, -0.1) is 0 Å². The number of thioether (sulfide) groups is 1. The smallest absolute Gasteiger partial charge is 0.0806 e. The van der Waals surface area contributed by atoms with Crippen LogP contribution in [-0.2, 0) is 33.4 Å². The summed E-state index contributed by atoms with van der Waals surface area (Å²) in [5.74, 6) is -2.63. The zero-order valence-corrected chi connectivity index (χ0v) is 29.0. The van der Waals surface area contributed by atoms with Gasteiger partial charge in [0.15, 0.2) is 0 Å². The van der Waals surface area contributed by atoms with Crippen LogP contribution in [-0.4, -0.2) is 73.1 Å². The van der Waals surface area contributed by atoms with Crippen LogP contribution in [0, 0.1) is 0 Å². The van der Waals surface area contributed by atoms with Crippen molar-refractivity contribution in [3.05, 3.63) is 91.0 Å². The van der Waals surface area contributed by atoms with Gasteiger partial charge in [0.05, 0.1) is 7.11 Å². The fourth-order valence-electron chi connectivity index (χ4n) is 4.90. The van der Waals surface area contributed by atoms with Crippen LogP contribution in [0.25, 0.3) is 0 Å². The number of carbonyl (C=O) groups is 5. The summed E-state index contributed by atoms with van der Waals surface area (Å²) in [5.41, 5.74) is 5.75. The minimum absolute atomic E-state index is 0.00875. The van der Waals surface area contributed by atoms with Crippen LogP contribution in [0.4, 0.5) is 0 Å². The van der Waals surface area contributed by atoms with Gasteiger partial charge in [0.1, 0.15) is 0 Å². The number of hydrogen-bond acceptors (Lipinski definition) is 9. The Balaban J connectivity index is 1.89. The van der Waals surface area contributed by atoms with Crippen LogP contribution in [0.3, 0.4) is 0 Å². The first-order chi connectivity index (χ1) is 22.0. The number of nitrogens with one attached hydrogen (secondary N) is 2. The molecule has 3 aromatic carbocycles. The number of methoxy groups -OCH3 is 1. The van der Waals surface area contributed by atoms with Crippen molar-refractivity contribution in [1.29, 1.82) is 0 Å². The number of nitrogens with two attached hydrogens (primary N) is 1. The van der Waals surface area contributed by atoms with Crippen molar-refractivity contribution in [2.75, 3.05) is 32.2 Å². The third-order valence-corrected chi connectivity index (χ3v) is 17.9. The molecule has 0 aromatic heterocycles. The Labute approximate surface area is 281 Å². The minimum atomic E-state index is -3.58. The van der Waals surface area contributed by atoms with Crippen LogP contribution in [0.5, 0.6) is 0 Å². The maximum atomic E-state index is 14.1. The number of amides is 2. The maximum absolute atomic E-state index is 14.1. The van der Waals surface area contributed by atoms with Crippen molar-refractivity contribution >= 4 is 77.3 Å². The number of ether oxygens (including phenoxy) is 2. The third kappa shape index (κ3) is 9.25. The van der Waals surface area contributed by atoms with E-state index in [1.807, 2.05) is 91.0 Å². The predicted octanol–water partition coefficient (Wildman–Crippen LogP) is 2.53. The molecule has 0 spiro atoms. The van der Waals surface area contributed by atoms with Crippen LogP contribution in [0.2, 0.25) is 0 Å². The molecule has 0 bridgehead atoms. The fraction of sp³-hybridized carbons (Fsp3) is 0.303. The summed E-state index contributed by atoms with van der Waals surface area (Å²) in [4.78, 5) is 63.5. The molecule has 13 heteroatoms. The molecule has 0 aliphatic rings. The Kier molecular flexibility index (Phi) is 13.9. The monoisotopic (exact) mass is 731 g/mol. The van der Waals surface area contributed by atoms with Crippen molar-refractivity contribution in [1.82, 2.24) is 10.6 Å². The SMILES string of the molecule is CCOC(=O)CNC(=O)C(CSC(=O)CP(Br)(c1ccccc1)(c1ccccc1)c1ccccc1)NC(=O)CCC(N)C(=O)OC. The molecule has 0 saturated carbocycles. The molecule has 0 heterocycles. The number of halogens is 1. The standard InChI is InChI=1S/C33H39BrN3O7PS/c1-3-44-30(39)21-36-32(41)28(37-29(38)20-19-27(35)33(42)43-2)23-46-31(40)22-45(34,24-13-7-4-8-14-24,25-15-9-5-10-16-25)26-17-11-6-12-18-26/h4-18,27-28H,3,19-23,35H2,1-2H3,(H,36,41)(H,37,38). The average Bonchev–Trinajstić information content (AvgIpc) is 3.08. The second kappa shape index (κ2) is 17.4. The van der Waals surface area contributed by atoms with Gasteiger partial charge in [-0.05, 0) is 0 Å². The Hall–Kier alpha value is -3.57. The van der Waals surface area contributed by atoms with Gasteiger partial charge in [-0.3, -0.25) is 0 Å². The number of hydrogen-bond donors (Lipinski definition) is 3. The van der Waals surface area contributed by atoms with E-state index in [2.05, 4.69) is 30.9 Å². The summed E-state index contributed by atoms with van der Waals surface area (Å²) in [6.45, 7) is 1.38. The van der Waals surface area contributed by atoms with Gasteiger partial charge in [0.2, 0.25) is 0 Å². The van der Waals surface area contributed by atoms with Gasteiger partial charge < -0.3 is 0 Å². The second-order valence-electron chi connectivity index (χ2n) is 10.3. The van der Waals surface area contributed by atoms with E-state index >= 15 is 0 Å². The van der Waals surface area contributed by atoms with Gasteiger partial charge in [0, 0.05) is 0 Å². The van der Waals surface area contributed by atoms with Gasteiger partial charge in [-0.25, -0.2) is 0 Å². The molecule has 46 heavy (non-hydrogen) atoms. The molecular formula is C33H39BrN3O7PS. The van der Waals surface area contributed by atoms with Crippen molar-refractivity contribution in [2.45, 2.75) is 31.8 Å². The summed E-state index contributed by atoms with van der Waals surface area (Å²) >= 11 is 5.16. The first kappa shape index (κ1) is 36.9. The first-order valence-corrected chi connectivity index (χ1v) is 20.1. The van der Waals surface area contributed by atoms with Crippen LogP contribution >= 0.6 is 32.6 Å². The van der Waals surface area contributed by atoms with E-state index in [0.717, 1.165) is 27.7 Å². The molecule has 4 N–H and O–H groups in total. The summed E-state index contributed by atoms with van der Waals surface area (Å²) < 4.78 is 9.48. The van der Waals surface area contributed by atoms with Crippen molar-refractivity contribution in [3.8, 4) is 0 Å². The normalized spacial score (nSPS) is 13.3. The Morgan fingerprint density at radius 2 is 1.37 bits per heavy atom.